The highest BCUT2D eigenvalue weighted by Gasteiger charge is 2.31. The van der Waals surface area contributed by atoms with E-state index in [1.807, 2.05) is 0 Å². The van der Waals surface area contributed by atoms with Gasteiger partial charge in [0.2, 0.25) is 0 Å². The average molecular weight is 287 g/mol. The Hall–Kier alpha value is 0.230. The SMILES string of the molecule is CC1(C)CCSCC1NCCCOCC1CCCO1. The first-order chi connectivity index (χ1) is 9.18. The summed E-state index contributed by atoms with van der Waals surface area (Å²) in [4.78, 5) is 0. The van der Waals surface area contributed by atoms with Crippen molar-refractivity contribution in [2.75, 3.05) is 37.9 Å². The van der Waals surface area contributed by atoms with Gasteiger partial charge in [-0.2, -0.15) is 11.8 Å². The number of ether oxygens (including phenoxy) is 2. The van der Waals surface area contributed by atoms with Crippen LogP contribution < -0.4 is 5.32 Å². The molecule has 0 spiro atoms. The number of hydrogen-bond acceptors (Lipinski definition) is 4. The van der Waals surface area contributed by atoms with Gasteiger partial charge in [-0.1, -0.05) is 13.8 Å². The van der Waals surface area contributed by atoms with Crippen molar-refractivity contribution in [2.24, 2.45) is 5.41 Å². The van der Waals surface area contributed by atoms with Gasteiger partial charge in [-0.05, 0) is 43.4 Å². The number of rotatable bonds is 7. The maximum Gasteiger partial charge on any atom is 0.0809 e. The lowest BCUT2D eigenvalue weighted by Gasteiger charge is -2.39. The van der Waals surface area contributed by atoms with E-state index in [1.54, 1.807) is 0 Å². The van der Waals surface area contributed by atoms with E-state index < -0.39 is 0 Å². The van der Waals surface area contributed by atoms with E-state index in [2.05, 4.69) is 30.9 Å². The summed E-state index contributed by atoms with van der Waals surface area (Å²) in [7, 11) is 0. The summed E-state index contributed by atoms with van der Waals surface area (Å²) >= 11 is 2.08. The van der Waals surface area contributed by atoms with Gasteiger partial charge in [0.15, 0.2) is 0 Å². The van der Waals surface area contributed by atoms with Gasteiger partial charge in [0.1, 0.15) is 0 Å². The van der Waals surface area contributed by atoms with E-state index in [-0.39, 0.29) is 0 Å². The first-order valence-electron chi connectivity index (χ1n) is 7.69. The highest BCUT2D eigenvalue weighted by atomic mass is 32.2. The molecule has 0 aromatic rings. The zero-order valence-corrected chi connectivity index (χ0v) is 13.3. The fourth-order valence-electron chi connectivity index (χ4n) is 2.71. The number of hydrogen-bond donors (Lipinski definition) is 1. The standard InChI is InChI=1S/C15H29NO2S/c1-15(2)6-10-19-12-14(15)16-7-4-8-17-11-13-5-3-9-18-13/h13-14,16H,3-12H2,1-2H3. The predicted octanol–water partition coefficient (Wildman–Crippen LogP) is 2.69. The van der Waals surface area contributed by atoms with Gasteiger partial charge in [-0.15, -0.1) is 0 Å². The molecule has 112 valence electrons. The second kappa shape index (κ2) is 7.87. The van der Waals surface area contributed by atoms with Crippen LogP contribution in [0, 0.1) is 5.41 Å². The molecule has 0 aliphatic carbocycles. The molecule has 0 aromatic carbocycles. The molecule has 2 aliphatic heterocycles. The van der Waals surface area contributed by atoms with E-state index in [9.17, 15) is 0 Å². The van der Waals surface area contributed by atoms with E-state index in [0.717, 1.165) is 32.8 Å². The molecule has 2 saturated heterocycles. The van der Waals surface area contributed by atoms with Crippen molar-refractivity contribution in [1.82, 2.24) is 5.32 Å². The van der Waals surface area contributed by atoms with Crippen molar-refractivity contribution in [3.05, 3.63) is 0 Å². The van der Waals surface area contributed by atoms with Crippen LogP contribution in [0.5, 0.6) is 0 Å². The van der Waals surface area contributed by atoms with Crippen molar-refractivity contribution < 1.29 is 9.47 Å². The monoisotopic (exact) mass is 287 g/mol. The van der Waals surface area contributed by atoms with Crippen LogP contribution in [0.3, 0.4) is 0 Å². The van der Waals surface area contributed by atoms with Crippen LogP contribution in [-0.4, -0.2) is 50.0 Å². The van der Waals surface area contributed by atoms with Gasteiger partial charge in [0, 0.05) is 25.0 Å². The molecular formula is C15H29NO2S. The highest BCUT2D eigenvalue weighted by Crippen LogP contribution is 2.33. The second-order valence-electron chi connectivity index (χ2n) is 6.38. The molecule has 2 unspecified atom stereocenters. The topological polar surface area (TPSA) is 30.5 Å². The fourth-order valence-corrected chi connectivity index (χ4v) is 4.35. The Morgan fingerprint density at radius 3 is 3.05 bits per heavy atom. The molecule has 1 N–H and O–H groups in total. The smallest absolute Gasteiger partial charge is 0.0809 e. The summed E-state index contributed by atoms with van der Waals surface area (Å²) in [5.41, 5.74) is 0.448. The van der Waals surface area contributed by atoms with E-state index in [4.69, 9.17) is 9.47 Å². The summed E-state index contributed by atoms with van der Waals surface area (Å²) in [6.07, 6.45) is 5.16. The Morgan fingerprint density at radius 1 is 1.42 bits per heavy atom. The molecule has 0 aromatic heterocycles. The average Bonchev–Trinajstić information content (AvgIpc) is 2.88. The van der Waals surface area contributed by atoms with Crippen LogP contribution in [-0.2, 0) is 9.47 Å². The molecule has 0 radical (unpaired) electrons. The van der Waals surface area contributed by atoms with Crippen LogP contribution in [0.15, 0.2) is 0 Å². The lowest BCUT2D eigenvalue weighted by Crippen LogP contribution is -2.47. The van der Waals surface area contributed by atoms with Gasteiger partial charge >= 0.3 is 0 Å². The molecule has 0 bridgehead atoms. The summed E-state index contributed by atoms with van der Waals surface area (Å²) in [5.74, 6) is 2.57. The molecule has 2 rings (SSSR count). The third-order valence-electron chi connectivity index (χ3n) is 4.30. The van der Waals surface area contributed by atoms with Crippen molar-refractivity contribution in [2.45, 2.75) is 51.7 Å². The predicted molar refractivity (Wildman–Crippen MR) is 81.9 cm³/mol. The van der Waals surface area contributed by atoms with Gasteiger partial charge in [0.25, 0.3) is 0 Å². The Bertz CT molecular complexity index is 255. The minimum atomic E-state index is 0.363. The lowest BCUT2D eigenvalue weighted by molar-refractivity contribution is 0.0163. The van der Waals surface area contributed by atoms with Crippen molar-refractivity contribution in [1.29, 1.82) is 0 Å². The summed E-state index contributed by atoms with van der Waals surface area (Å²) in [6.45, 7) is 8.40. The maximum absolute atomic E-state index is 5.69. The molecule has 3 nitrogen and oxygen atoms in total. The largest absolute Gasteiger partial charge is 0.379 e. The first-order valence-corrected chi connectivity index (χ1v) is 8.84. The maximum atomic E-state index is 5.69. The summed E-state index contributed by atoms with van der Waals surface area (Å²) < 4.78 is 11.2. The summed E-state index contributed by atoms with van der Waals surface area (Å²) in [6, 6.07) is 0.657. The molecule has 4 heteroatoms. The van der Waals surface area contributed by atoms with E-state index in [0.29, 0.717) is 17.6 Å². The minimum absolute atomic E-state index is 0.363. The molecule has 0 saturated carbocycles. The Balaban J connectivity index is 1.49. The number of nitrogens with one attached hydrogen (secondary N) is 1. The highest BCUT2D eigenvalue weighted by molar-refractivity contribution is 7.99. The molecule has 2 aliphatic rings. The third-order valence-corrected chi connectivity index (χ3v) is 5.36. The third kappa shape index (κ3) is 5.25. The van der Waals surface area contributed by atoms with Crippen molar-refractivity contribution in [3.8, 4) is 0 Å². The molecule has 19 heavy (non-hydrogen) atoms. The number of thioether (sulfide) groups is 1. The summed E-state index contributed by atoms with van der Waals surface area (Å²) in [5, 5.41) is 3.71. The first kappa shape index (κ1) is 15.6. The van der Waals surface area contributed by atoms with Crippen LogP contribution in [0.2, 0.25) is 0 Å². The molecule has 2 atom stereocenters. The minimum Gasteiger partial charge on any atom is -0.379 e. The van der Waals surface area contributed by atoms with Gasteiger partial charge in [-0.3, -0.25) is 0 Å². The van der Waals surface area contributed by atoms with Crippen LogP contribution in [0.25, 0.3) is 0 Å². The Labute approximate surface area is 122 Å². The van der Waals surface area contributed by atoms with E-state index in [1.165, 1.54) is 30.8 Å². The van der Waals surface area contributed by atoms with Crippen molar-refractivity contribution >= 4 is 11.8 Å². The van der Waals surface area contributed by atoms with Crippen molar-refractivity contribution in [3.63, 3.8) is 0 Å². The van der Waals surface area contributed by atoms with Crippen LogP contribution in [0.1, 0.15) is 39.5 Å². The second-order valence-corrected chi connectivity index (χ2v) is 7.53. The van der Waals surface area contributed by atoms with E-state index >= 15 is 0 Å². The van der Waals surface area contributed by atoms with Crippen LogP contribution >= 0.6 is 11.8 Å². The Morgan fingerprint density at radius 2 is 2.32 bits per heavy atom. The molecule has 0 amide bonds. The molecule has 2 heterocycles. The quantitative estimate of drug-likeness (QED) is 0.729. The molecule has 2 fully saturated rings. The Kier molecular flexibility index (Phi) is 6.46. The van der Waals surface area contributed by atoms with Gasteiger partial charge in [-0.25, -0.2) is 0 Å². The molecular weight excluding hydrogens is 258 g/mol. The normalized spacial score (nSPS) is 30.6. The lowest BCUT2D eigenvalue weighted by atomic mass is 9.82. The zero-order chi connectivity index (χ0) is 13.6. The van der Waals surface area contributed by atoms with Gasteiger partial charge < -0.3 is 14.8 Å². The fraction of sp³-hybridized carbons (Fsp3) is 1.00. The van der Waals surface area contributed by atoms with Gasteiger partial charge in [0.05, 0.1) is 12.7 Å². The zero-order valence-electron chi connectivity index (χ0n) is 12.5. The van der Waals surface area contributed by atoms with Crippen LogP contribution in [0.4, 0.5) is 0 Å².